The predicted octanol–water partition coefficient (Wildman–Crippen LogP) is 1.72. The Balaban J connectivity index is 1.61. The second kappa shape index (κ2) is 7.25. The molecule has 0 aromatic heterocycles. The Morgan fingerprint density at radius 2 is 1.68 bits per heavy atom. The van der Waals surface area contributed by atoms with Gasteiger partial charge in [-0.2, -0.15) is 0 Å². The molecular formula is C15H28N2O2. The fourth-order valence-electron chi connectivity index (χ4n) is 3.32. The van der Waals surface area contributed by atoms with Crippen LogP contribution in [0.4, 0.5) is 0 Å². The van der Waals surface area contributed by atoms with E-state index in [9.17, 15) is 9.90 Å². The molecule has 0 spiro atoms. The minimum Gasteiger partial charge on any atom is -0.389 e. The summed E-state index contributed by atoms with van der Waals surface area (Å²) in [5.41, 5.74) is -0.567. The lowest BCUT2D eigenvalue weighted by molar-refractivity contribution is -0.121. The number of aliphatic hydroxyl groups is 1. The average molecular weight is 268 g/mol. The van der Waals surface area contributed by atoms with Crippen LogP contribution in [0, 0.1) is 0 Å². The third kappa shape index (κ3) is 5.11. The van der Waals surface area contributed by atoms with E-state index in [-0.39, 0.29) is 5.91 Å². The molecule has 0 aromatic rings. The first-order chi connectivity index (χ1) is 9.18. The highest BCUT2D eigenvalue weighted by Gasteiger charge is 2.30. The summed E-state index contributed by atoms with van der Waals surface area (Å²) in [6, 6.07) is 0.367. The van der Waals surface area contributed by atoms with Crippen molar-refractivity contribution in [1.82, 2.24) is 10.6 Å². The van der Waals surface area contributed by atoms with Crippen molar-refractivity contribution in [2.75, 3.05) is 13.1 Å². The van der Waals surface area contributed by atoms with Crippen LogP contribution < -0.4 is 10.6 Å². The number of rotatable bonds is 5. The Kier molecular flexibility index (Phi) is 5.64. The van der Waals surface area contributed by atoms with Gasteiger partial charge in [-0.05, 0) is 25.7 Å². The van der Waals surface area contributed by atoms with Gasteiger partial charge >= 0.3 is 0 Å². The Bertz CT molecular complexity index is 280. The molecule has 19 heavy (non-hydrogen) atoms. The van der Waals surface area contributed by atoms with Gasteiger partial charge in [0.05, 0.1) is 12.1 Å². The van der Waals surface area contributed by atoms with E-state index in [2.05, 4.69) is 10.6 Å². The number of hydrogen-bond acceptors (Lipinski definition) is 3. The highest BCUT2D eigenvalue weighted by Crippen LogP contribution is 2.28. The number of nitrogens with one attached hydrogen (secondary N) is 2. The van der Waals surface area contributed by atoms with Crippen LogP contribution in [0.15, 0.2) is 0 Å². The molecule has 2 aliphatic carbocycles. The van der Waals surface area contributed by atoms with Crippen molar-refractivity contribution in [1.29, 1.82) is 0 Å². The van der Waals surface area contributed by atoms with E-state index in [0.717, 1.165) is 38.5 Å². The van der Waals surface area contributed by atoms with Gasteiger partial charge in [0, 0.05) is 12.6 Å². The molecule has 2 saturated carbocycles. The van der Waals surface area contributed by atoms with Crippen LogP contribution in [0.25, 0.3) is 0 Å². The second-order valence-corrected chi connectivity index (χ2v) is 6.29. The number of carbonyl (C=O) groups excluding carboxylic acids is 1. The Labute approximate surface area is 116 Å². The molecule has 2 aliphatic rings. The SMILES string of the molecule is O=C(CNCC1(O)CCCC1)NC1CCCCCC1. The van der Waals surface area contributed by atoms with E-state index in [1.807, 2.05) is 0 Å². The summed E-state index contributed by atoms with van der Waals surface area (Å²) in [5, 5.41) is 16.4. The maximum atomic E-state index is 11.8. The molecule has 3 N–H and O–H groups in total. The third-order valence-electron chi connectivity index (χ3n) is 4.49. The molecule has 0 saturated heterocycles. The molecule has 0 atom stereocenters. The normalized spacial score (nSPS) is 24.1. The standard InChI is InChI=1S/C15H28N2O2/c18-14(17-13-7-3-1-2-4-8-13)11-16-12-15(19)9-5-6-10-15/h13,16,19H,1-12H2,(H,17,18). The van der Waals surface area contributed by atoms with Gasteiger partial charge in [-0.3, -0.25) is 4.79 Å². The summed E-state index contributed by atoms with van der Waals surface area (Å²) < 4.78 is 0. The van der Waals surface area contributed by atoms with Crippen molar-refractivity contribution in [3.05, 3.63) is 0 Å². The molecule has 0 bridgehead atoms. The lowest BCUT2D eigenvalue weighted by Gasteiger charge is -2.23. The molecule has 0 radical (unpaired) electrons. The average Bonchev–Trinajstić information content (AvgIpc) is 2.64. The van der Waals surface area contributed by atoms with Crippen molar-refractivity contribution in [3.8, 4) is 0 Å². The van der Waals surface area contributed by atoms with Crippen molar-refractivity contribution in [2.24, 2.45) is 0 Å². The molecule has 2 fully saturated rings. The van der Waals surface area contributed by atoms with Gasteiger partial charge in [0.15, 0.2) is 0 Å². The topological polar surface area (TPSA) is 61.4 Å². The lowest BCUT2D eigenvalue weighted by atomic mass is 10.0. The molecule has 4 heteroatoms. The molecule has 0 aliphatic heterocycles. The first kappa shape index (κ1) is 14.8. The van der Waals surface area contributed by atoms with Crippen LogP contribution in [-0.2, 0) is 4.79 Å². The maximum absolute atomic E-state index is 11.8. The predicted molar refractivity (Wildman–Crippen MR) is 75.9 cm³/mol. The second-order valence-electron chi connectivity index (χ2n) is 6.29. The first-order valence-electron chi connectivity index (χ1n) is 7.90. The monoisotopic (exact) mass is 268 g/mol. The molecule has 2 rings (SSSR count). The minimum absolute atomic E-state index is 0.0773. The van der Waals surface area contributed by atoms with Gasteiger partial charge in [0.2, 0.25) is 5.91 Å². The van der Waals surface area contributed by atoms with E-state index in [1.165, 1.54) is 25.7 Å². The van der Waals surface area contributed by atoms with E-state index in [4.69, 9.17) is 0 Å². The van der Waals surface area contributed by atoms with Crippen LogP contribution in [0.5, 0.6) is 0 Å². The number of carbonyl (C=O) groups is 1. The largest absolute Gasteiger partial charge is 0.389 e. The van der Waals surface area contributed by atoms with E-state index in [0.29, 0.717) is 19.1 Å². The zero-order valence-electron chi connectivity index (χ0n) is 11.9. The highest BCUT2D eigenvalue weighted by molar-refractivity contribution is 5.78. The Hall–Kier alpha value is -0.610. The van der Waals surface area contributed by atoms with E-state index < -0.39 is 5.60 Å². The summed E-state index contributed by atoms with van der Waals surface area (Å²) in [5.74, 6) is 0.0773. The number of amides is 1. The molecule has 0 heterocycles. The smallest absolute Gasteiger partial charge is 0.234 e. The van der Waals surface area contributed by atoms with Crippen molar-refractivity contribution < 1.29 is 9.90 Å². The fourth-order valence-corrected chi connectivity index (χ4v) is 3.32. The van der Waals surface area contributed by atoms with Crippen LogP contribution in [-0.4, -0.2) is 35.7 Å². The van der Waals surface area contributed by atoms with E-state index in [1.54, 1.807) is 0 Å². The molecular weight excluding hydrogens is 240 g/mol. The lowest BCUT2D eigenvalue weighted by Crippen LogP contribution is -2.44. The summed E-state index contributed by atoms with van der Waals surface area (Å²) in [6.45, 7) is 0.879. The Morgan fingerprint density at radius 1 is 1.05 bits per heavy atom. The van der Waals surface area contributed by atoms with Crippen LogP contribution in [0.1, 0.15) is 64.2 Å². The quantitative estimate of drug-likeness (QED) is 0.665. The zero-order valence-corrected chi connectivity index (χ0v) is 11.9. The van der Waals surface area contributed by atoms with Crippen molar-refractivity contribution >= 4 is 5.91 Å². The third-order valence-corrected chi connectivity index (χ3v) is 4.49. The zero-order chi connectivity index (χ0) is 13.6. The van der Waals surface area contributed by atoms with Gasteiger partial charge < -0.3 is 15.7 Å². The molecule has 0 unspecified atom stereocenters. The summed E-state index contributed by atoms with van der Waals surface area (Å²) in [6.07, 6.45) is 11.3. The summed E-state index contributed by atoms with van der Waals surface area (Å²) in [4.78, 5) is 11.8. The number of hydrogen-bond donors (Lipinski definition) is 3. The van der Waals surface area contributed by atoms with E-state index >= 15 is 0 Å². The Morgan fingerprint density at radius 3 is 2.32 bits per heavy atom. The van der Waals surface area contributed by atoms with Gasteiger partial charge in [-0.25, -0.2) is 0 Å². The molecule has 4 nitrogen and oxygen atoms in total. The minimum atomic E-state index is -0.567. The summed E-state index contributed by atoms with van der Waals surface area (Å²) in [7, 11) is 0. The molecule has 110 valence electrons. The molecule has 1 amide bonds. The van der Waals surface area contributed by atoms with Crippen molar-refractivity contribution in [2.45, 2.75) is 75.9 Å². The van der Waals surface area contributed by atoms with Gasteiger partial charge in [-0.1, -0.05) is 38.5 Å². The van der Waals surface area contributed by atoms with Crippen molar-refractivity contribution in [3.63, 3.8) is 0 Å². The maximum Gasteiger partial charge on any atom is 0.234 e. The van der Waals surface area contributed by atoms with Crippen LogP contribution in [0.3, 0.4) is 0 Å². The van der Waals surface area contributed by atoms with Gasteiger partial charge in [-0.15, -0.1) is 0 Å². The van der Waals surface area contributed by atoms with Crippen LogP contribution >= 0.6 is 0 Å². The van der Waals surface area contributed by atoms with Gasteiger partial charge in [0.1, 0.15) is 0 Å². The highest BCUT2D eigenvalue weighted by atomic mass is 16.3. The molecule has 0 aromatic carbocycles. The summed E-state index contributed by atoms with van der Waals surface area (Å²) >= 11 is 0. The first-order valence-corrected chi connectivity index (χ1v) is 7.90. The van der Waals surface area contributed by atoms with Crippen LogP contribution in [0.2, 0.25) is 0 Å². The fraction of sp³-hybridized carbons (Fsp3) is 0.933. The van der Waals surface area contributed by atoms with Gasteiger partial charge in [0.25, 0.3) is 0 Å².